The monoisotopic (exact) mass is 351 g/mol. The van der Waals surface area contributed by atoms with E-state index in [0.29, 0.717) is 18.9 Å². The highest BCUT2D eigenvalue weighted by Crippen LogP contribution is 2.34. The summed E-state index contributed by atoms with van der Waals surface area (Å²) in [7, 11) is 0. The summed E-state index contributed by atoms with van der Waals surface area (Å²) in [4.78, 5) is 24.0. The third-order valence-corrected chi connectivity index (χ3v) is 5.75. The predicted octanol–water partition coefficient (Wildman–Crippen LogP) is 4.38. The van der Waals surface area contributed by atoms with Gasteiger partial charge in [-0.05, 0) is 44.0 Å². The van der Waals surface area contributed by atoms with E-state index in [0.717, 1.165) is 29.1 Å². The molecule has 1 fully saturated rings. The molecule has 5 heteroatoms. The number of nitrogens with zero attached hydrogens (tertiary/aromatic N) is 3. The second kappa shape index (κ2) is 6.92. The molecular formula is C20H21N3OS. The van der Waals surface area contributed by atoms with Gasteiger partial charge in [0.1, 0.15) is 0 Å². The molecule has 0 N–H and O–H groups in total. The summed E-state index contributed by atoms with van der Waals surface area (Å²) in [6.45, 7) is 2.08. The zero-order chi connectivity index (χ0) is 17.2. The molecule has 0 aliphatic heterocycles. The molecule has 1 atom stereocenters. The maximum Gasteiger partial charge on any atom is 0.223 e. The van der Waals surface area contributed by atoms with Gasteiger partial charge in [0, 0.05) is 25.1 Å². The van der Waals surface area contributed by atoms with Gasteiger partial charge in [0.15, 0.2) is 0 Å². The number of rotatable bonds is 6. The number of carbonyl (C=O) groups excluding carboxylic acids is 1. The van der Waals surface area contributed by atoms with Crippen molar-refractivity contribution < 1.29 is 4.79 Å². The third kappa shape index (κ3) is 3.56. The van der Waals surface area contributed by atoms with E-state index in [4.69, 9.17) is 0 Å². The first-order valence-corrected chi connectivity index (χ1v) is 9.60. The van der Waals surface area contributed by atoms with Crippen LogP contribution >= 0.6 is 11.3 Å². The molecule has 25 heavy (non-hydrogen) atoms. The average molecular weight is 351 g/mol. The van der Waals surface area contributed by atoms with Crippen LogP contribution in [-0.4, -0.2) is 26.8 Å². The molecule has 128 valence electrons. The fourth-order valence-corrected chi connectivity index (χ4v) is 4.19. The maximum absolute atomic E-state index is 12.9. The number of aromatic nitrogens is 2. The molecule has 1 aliphatic rings. The molecule has 3 aromatic rings. The van der Waals surface area contributed by atoms with Crippen molar-refractivity contribution in [3.63, 3.8) is 0 Å². The highest BCUT2D eigenvalue weighted by Gasteiger charge is 2.36. The Morgan fingerprint density at radius 2 is 2.04 bits per heavy atom. The molecule has 2 heterocycles. The van der Waals surface area contributed by atoms with Crippen molar-refractivity contribution in [3.8, 4) is 0 Å². The SMILES string of the molecule is CC(c1ccccn1)N(C(=O)CCc1nc2ccccc2s1)C1CC1. The van der Waals surface area contributed by atoms with E-state index in [1.54, 1.807) is 17.5 Å². The lowest BCUT2D eigenvalue weighted by molar-refractivity contribution is -0.134. The quantitative estimate of drug-likeness (QED) is 0.662. The lowest BCUT2D eigenvalue weighted by Crippen LogP contribution is -2.36. The highest BCUT2D eigenvalue weighted by molar-refractivity contribution is 7.18. The van der Waals surface area contributed by atoms with Crippen LogP contribution in [0.1, 0.15) is 42.9 Å². The molecule has 4 nitrogen and oxygen atoms in total. The Morgan fingerprint density at radius 3 is 2.76 bits per heavy atom. The Kier molecular flexibility index (Phi) is 4.49. The van der Waals surface area contributed by atoms with Crippen LogP contribution in [0.15, 0.2) is 48.7 Å². The number of hydrogen-bond acceptors (Lipinski definition) is 4. The van der Waals surface area contributed by atoms with E-state index < -0.39 is 0 Å². The van der Waals surface area contributed by atoms with Gasteiger partial charge in [-0.3, -0.25) is 9.78 Å². The number of para-hydroxylation sites is 1. The second-order valence-electron chi connectivity index (χ2n) is 6.54. The van der Waals surface area contributed by atoms with E-state index in [1.165, 1.54) is 4.70 Å². The number of aryl methyl sites for hydroxylation is 1. The van der Waals surface area contributed by atoms with Crippen LogP contribution in [0, 0.1) is 0 Å². The summed E-state index contributed by atoms with van der Waals surface area (Å²) >= 11 is 1.69. The normalized spacial score (nSPS) is 15.2. The number of fused-ring (bicyclic) bond motifs is 1. The Bertz CT molecular complexity index is 840. The topological polar surface area (TPSA) is 46.1 Å². The summed E-state index contributed by atoms with van der Waals surface area (Å²) in [5, 5.41) is 1.04. The van der Waals surface area contributed by atoms with Crippen LogP contribution < -0.4 is 0 Å². The van der Waals surface area contributed by atoms with Crippen molar-refractivity contribution in [3.05, 3.63) is 59.4 Å². The molecule has 4 rings (SSSR count). The lowest BCUT2D eigenvalue weighted by atomic mass is 10.1. The van der Waals surface area contributed by atoms with E-state index in [1.807, 2.05) is 41.3 Å². The van der Waals surface area contributed by atoms with Crippen LogP contribution in [0.5, 0.6) is 0 Å². The summed E-state index contributed by atoms with van der Waals surface area (Å²) in [5.74, 6) is 0.208. The maximum atomic E-state index is 12.9. The van der Waals surface area contributed by atoms with Crippen molar-refractivity contribution in [1.82, 2.24) is 14.9 Å². The van der Waals surface area contributed by atoms with E-state index in [-0.39, 0.29) is 11.9 Å². The molecule has 1 saturated carbocycles. The molecule has 0 spiro atoms. The number of hydrogen-bond donors (Lipinski definition) is 0. The molecule has 1 unspecified atom stereocenters. The van der Waals surface area contributed by atoms with Crippen molar-refractivity contribution in [1.29, 1.82) is 0 Å². The summed E-state index contributed by atoms with van der Waals surface area (Å²) in [6.07, 6.45) is 5.21. The Morgan fingerprint density at radius 1 is 1.24 bits per heavy atom. The third-order valence-electron chi connectivity index (χ3n) is 4.65. The van der Waals surface area contributed by atoms with Crippen molar-refractivity contribution in [2.45, 2.75) is 44.7 Å². The first-order chi connectivity index (χ1) is 12.2. The minimum absolute atomic E-state index is 0.0246. The van der Waals surface area contributed by atoms with Crippen molar-refractivity contribution >= 4 is 27.5 Å². The molecule has 2 aromatic heterocycles. The van der Waals surface area contributed by atoms with Crippen LogP contribution in [0.25, 0.3) is 10.2 Å². The van der Waals surface area contributed by atoms with Crippen LogP contribution in [0.3, 0.4) is 0 Å². The number of pyridine rings is 1. The summed E-state index contributed by atoms with van der Waals surface area (Å²) in [6, 6.07) is 14.4. The van der Waals surface area contributed by atoms with Crippen molar-refractivity contribution in [2.75, 3.05) is 0 Å². The van der Waals surface area contributed by atoms with E-state index in [9.17, 15) is 4.79 Å². The van der Waals surface area contributed by atoms with E-state index >= 15 is 0 Å². The number of thiazole rings is 1. The molecule has 0 bridgehead atoms. The van der Waals surface area contributed by atoms with Gasteiger partial charge in [-0.25, -0.2) is 4.98 Å². The highest BCUT2D eigenvalue weighted by atomic mass is 32.1. The average Bonchev–Trinajstić information content (AvgIpc) is 3.38. The molecular weight excluding hydrogens is 330 g/mol. The predicted molar refractivity (Wildman–Crippen MR) is 100 cm³/mol. The number of amides is 1. The van der Waals surface area contributed by atoms with Gasteiger partial charge in [-0.2, -0.15) is 0 Å². The second-order valence-corrected chi connectivity index (χ2v) is 7.65. The van der Waals surface area contributed by atoms with Crippen LogP contribution in [-0.2, 0) is 11.2 Å². The smallest absolute Gasteiger partial charge is 0.223 e. The molecule has 1 aliphatic carbocycles. The van der Waals surface area contributed by atoms with Gasteiger partial charge in [0.2, 0.25) is 5.91 Å². The molecule has 1 amide bonds. The van der Waals surface area contributed by atoms with Gasteiger partial charge < -0.3 is 4.90 Å². The fourth-order valence-electron chi connectivity index (χ4n) is 3.22. The fraction of sp³-hybridized carbons (Fsp3) is 0.350. The number of carbonyl (C=O) groups is 1. The van der Waals surface area contributed by atoms with Gasteiger partial charge >= 0.3 is 0 Å². The molecule has 1 aromatic carbocycles. The van der Waals surface area contributed by atoms with Gasteiger partial charge in [-0.1, -0.05) is 18.2 Å². The minimum Gasteiger partial charge on any atom is -0.331 e. The summed E-state index contributed by atoms with van der Waals surface area (Å²) in [5.41, 5.74) is 1.98. The van der Waals surface area contributed by atoms with Crippen LogP contribution in [0.4, 0.5) is 0 Å². The summed E-state index contributed by atoms with van der Waals surface area (Å²) < 4.78 is 1.19. The van der Waals surface area contributed by atoms with E-state index in [2.05, 4.69) is 23.0 Å². The number of benzene rings is 1. The van der Waals surface area contributed by atoms with Crippen LogP contribution in [0.2, 0.25) is 0 Å². The van der Waals surface area contributed by atoms with Crippen molar-refractivity contribution in [2.24, 2.45) is 0 Å². The Balaban J connectivity index is 1.46. The minimum atomic E-state index is 0.0246. The lowest BCUT2D eigenvalue weighted by Gasteiger charge is -2.29. The first-order valence-electron chi connectivity index (χ1n) is 8.79. The molecule has 0 radical (unpaired) electrons. The standard InChI is InChI=1S/C20H21N3OS/c1-14(16-6-4-5-13-21-16)23(15-9-10-15)20(24)12-11-19-22-17-7-2-3-8-18(17)25-19/h2-8,13-15H,9-12H2,1H3. The Hall–Kier alpha value is -2.27. The van der Waals surface area contributed by atoms with Gasteiger partial charge in [0.05, 0.1) is 27.0 Å². The first kappa shape index (κ1) is 16.2. The zero-order valence-corrected chi connectivity index (χ0v) is 15.1. The molecule has 0 saturated heterocycles. The Labute approximate surface area is 151 Å². The van der Waals surface area contributed by atoms with Gasteiger partial charge in [-0.15, -0.1) is 11.3 Å². The zero-order valence-electron chi connectivity index (χ0n) is 14.3. The largest absolute Gasteiger partial charge is 0.331 e. The van der Waals surface area contributed by atoms with Gasteiger partial charge in [0.25, 0.3) is 0 Å².